The van der Waals surface area contributed by atoms with Crippen LogP contribution < -0.4 is 5.32 Å². The Morgan fingerprint density at radius 3 is 2.72 bits per heavy atom. The van der Waals surface area contributed by atoms with Gasteiger partial charge in [-0.3, -0.25) is 4.90 Å². The van der Waals surface area contributed by atoms with Crippen LogP contribution in [0.2, 0.25) is 0 Å². The highest BCUT2D eigenvalue weighted by Crippen LogP contribution is 2.28. The van der Waals surface area contributed by atoms with Gasteiger partial charge in [0.1, 0.15) is 0 Å². The van der Waals surface area contributed by atoms with E-state index in [0.717, 1.165) is 6.04 Å². The smallest absolute Gasteiger partial charge is 0.0223 e. The number of rotatable bonds is 3. The summed E-state index contributed by atoms with van der Waals surface area (Å²) in [5.74, 6) is 0. The van der Waals surface area contributed by atoms with Crippen molar-refractivity contribution in [1.82, 2.24) is 15.1 Å². The third kappa shape index (κ3) is 2.89. The van der Waals surface area contributed by atoms with Crippen molar-refractivity contribution in [3.63, 3.8) is 0 Å². The molecule has 0 radical (unpaired) electrons. The fourth-order valence-corrected chi connectivity index (χ4v) is 4.12. The first-order valence-electron chi connectivity index (χ1n) is 7.92. The maximum absolute atomic E-state index is 3.53. The third-order valence-corrected chi connectivity index (χ3v) is 5.20. The van der Waals surface area contributed by atoms with E-state index in [2.05, 4.69) is 22.0 Å². The van der Waals surface area contributed by atoms with E-state index < -0.39 is 0 Å². The van der Waals surface area contributed by atoms with Crippen LogP contribution in [0.1, 0.15) is 39.0 Å². The van der Waals surface area contributed by atoms with E-state index >= 15 is 0 Å². The van der Waals surface area contributed by atoms with Crippen molar-refractivity contribution in [2.45, 2.75) is 45.1 Å². The predicted molar refractivity (Wildman–Crippen MR) is 75.9 cm³/mol. The Kier molecular flexibility index (Phi) is 3.92. The highest BCUT2D eigenvalue weighted by molar-refractivity contribution is 4.90. The van der Waals surface area contributed by atoms with Gasteiger partial charge in [-0.1, -0.05) is 6.92 Å². The van der Waals surface area contributed by atoms with E-state index in [-0.39, 0.29) is 0 Å². The zero-order valence-corrected chi connectivity index (χ0v) is 12.0. The molecule has 2 unspecified atom stereocenters. The number of hydrogen-bond donors (Lipinski definition) is 1. The molecule has 18 heavy (non-hydrogen) atoms. The average molecular weight is 251 g/mol. The van der Waals surface area contributed by atoms with E-state index in [1.54, 1.807) is 0 Å². The molecule has 1 N–H and O–H groups in total. The van der Waals surface area contributed by atoms with Crippen LogP contribution in [0, 0.1) is 5.41 Å². The van der Waals surface area contributed by atoms with Crippen LogP contribution in [-0.2, 0) is 0 Å². The molecule has 0 spiro atoms. The first-order chi connectivity index (χ1) is 8.75. The summed E-state index contributed by atoms with van der Waals surface area (Å²) in [6.07, 6.45) is 7.06. The average Bonchev–Trinajstić information content (AvgIpc) is 3.01. The molecule has 3 aliphatic rings. The summed E-state index contributed by atoms with van der Waals surface area (Å²) < 4.78 is 0. The molecule has 0 aromatic rings. The monoisotopic (exact) mass is 251 g/mol. The van der Waals surface area contributed by atoms with Crippen molar-refractivity contribution < 1.29 is 0 Å². The van der Waals surface area contributed by atoms with Gasteiger partial charge >= 0.3 is 0 Å². The molecule has 0 bridgehead atoms. The minimum Gasteiger partial charge on any atom is -0.316 e. The molecular formula is C15H29N3. The lowest BCUT2D eigenvalue weighted by Gasteiger charge is -2.40. The molecule has 0 aromatic heterocycles. The van der Waals surface area contributed by atoms with Crippen LogP contribution in [0.15, 0.2) is 0 Å². The molecule has 3 heteroatoms. The molecule has 0 saturated carbocycles. The number of nitrogens with one attached hydrogen (secondary N) is 1. The van der Waals surface area contributed by atoms with Gasteiger partial charge in [0.25, 0.3) is 0 Å². The molecular weight excluding hydrogens is 222 g/mol. The van der Waals surface area contributed by atoms with Gasteiger partial charge in [-0.25, -0.2) is 0 Å². The Morgan fingerprint density at radius 2 is 2.00 bits per heavy atom. The number of hydrogen-bond acceptors (Lipinski definition) is 3. The zero-order chi connectivity index (χ0) is 12.4. The standard InChI is InChI=1S/C15H29N3/c1-15(6-7-16-12-15)13-17-8-4-5-14(11-17)18-9-2-3-10-18/h14,16H,2-13H2,1H3. The second-order valence-electron chi connectivity index (χ2n) is 7.01. The van der Waals surface area contributed by atoms with Crippen molar-refractivity contribution in [2.75, 3.05) is 45.8 Å². The quantitative estimate of drug-likeness (QED) is 0.821. The minimum absolute atomic E-state index is 0.535. The summed E-state index contributed by atoms with van der Waals surface area (Å²) in [4.78, 5) is 5.50. The van der Waals surface area contributed by atoms with Crippen molar-refractivity contribution in [3.05, 3.63) is 0 Å². The van der Waals surface area contributed by atoms with Crippen LogP contribution >= 0.6 is 0 Å². The normalized spacial score (nSPS) is 39.5. The molecule has 2 atom stereocenters. The van der Waals surface area contributed by atoms with Crippen LogP contribution in [-0.4, -0.2) is 61.7 Å². The van der Waals surface area contributed by atoms with Crippen LogP contribution in [0.5, 0.6) is 0 Å². The Morgan fingerprint density at radius 1 is 1.17 bits per heavy atom. The van der Waals surface area contributed by atoms with Gasteiger partial charge in [0.2, 0.25) is 0 Å². The van der Waals surface area contributed by atoms with Crippen molar-refractivity contribution in [2.24, 2.45) is 5.41 Å². The van der Waals surface area contributed by atoms with Crippen molar-refractivity contribution in [1.29, 1.82) is 0 Å². The summed E-state index contributed by atoms with van der Waals surface area (Å²) in [6.45, 7) is 11.6. The lowest BCUT2D eigenvalue weighted by Crippen LogP contribution is -2.49. The van der Waals surface area contributed by atoms with Crippen molar-refractivity contribution >= 4 is 0 Å². The van der Waals surface area contributed by atoms with Crippen LogP contribution in [0.4, 0.5) is 0 Å². The van der Waals surface area contributed by atoms with Crippen molar-refractivity contribution in [3.8, 4) is 0 Å². The topological polar surface area (TPSA) is 18.5 Å². The number of likely N-dealkylation sites (tertiary alicyclic amines) is 2. The summed E-state index contributed by atoms with van der Waals surface area (Å²) in [6, 6.07) is 0.860. The molecule has 0 amide bonds. The van der Waals surface area contributed by atoms with Gasteiger partial charge in [-0.15, -0.1) is 0 Å². The van der Waals surface area contributed by atoms with Crippen LogP contribution in [0.3, 0.4) is 0 Å². The molecule has 104 valence electrons. The van der Waals surface area contributed by atoms with Gasteiger partial charge in [-0.2, -0.15) is 0 Å². The SMILES string of the molecule is CC1(CN2CCCC(N3CCCC3)C2)CCNC1. The fourth-order valence-electron chi connectivity index (χ4n) is 4.12. The van der Waals surface area contributed by atoms with Gasteiger partial charge in [0.05, 0.1) is 0 Å². The number of nitrogens with zero attached hydrogens (tertiary/aromatic N) is 2. The Balaban J connectivity index is 1.53. The zero-order valence-electron chi connectivity index (χ0n) is 12.0. The minimum atomic E-state index is 0.535. The molecule has 3 saturated heterocycles. The maximum atomic E-state index is 3.53. The highest BCUT2D eigenvalue weighted by atomic mass is 15.2. The summed E-state index contributed by atoms with van der Waals surface area (Å²) in [5, 5.41) is 3.53. The van der Waals surface area contributed by atoms with Crippen LogP contribution in [0.25, 0.3) is 0 Å². The van der Waals surface area contributed by atoms with E-state index in [1.807, 2.05) is 0 Å². The van der Waals surface area contributed by atoms with Gasteiger partial charge < -0.3 is 10.2 Å². The molecule has 3 nitrogen and oxygen atoms in total. The Labute approximate surface area is 112 Å². The molecule has 0 aliphatic carbocycles. The van der Waals surface area contributed by atoms with Gasteiger partial charge in [0.15, 0.2) is 0 Å². The number of piperidine rings is 1. The lowest BCUT2D eigenvalue weighted by atomic mass is 9.88. The molecule has 0 aromatic carbocycles. The Bertz CT molecular complexity index is 267. The van der Waals surface area contributed by atoms with Gasteiger partial charge in [0, 0.05) is 25.7 Å². The lowest BCUT2D eigenvalue weighted by molar-refractivity contribution is 0.0854. The van der Waals surface area contributed by atoms with E-state index in [0.29, 0.717) is 5.41 Å². The van der Waals surface area contributed by atoms with Gasteiger partial charge in [-0.05, 0) is 63.7 Å². The predicted octanol–water partition coefficient (Wildman–Crippen LogP) is 1.55. The summed E-state index contributed by atoms with van der Waals surface area (Å²) in [5.41, 5.74) is 0.535. The largest absolute Gasteiger partial charge is 0.316 e. The second-order valence-corrected chi connectivity index (χ2v) is 7.01. The fraction of sp³-hybridized carbons (Fsp3) is 1.00. The van der Waals surface area contributed by atoms with E-state index in [4.69, 9.17) is 0 Å². The second kappa shape index (κ2) is 5.48. The Hall–Kier alpha value is -0.120. The third-order valence-electron chi connectivity index (χ3n) is 5.20. The first-order valence-corrected chi connectivity index (χ1v) is 7.92. The first kappa shape index (κ1) is 12.9. The molecule has 3 fully saturated rings. The molecule has 3 rings (SSSR count). The maximum Gasteiger partial charge on any atom is 0.0223 e. The summed E-state index contributed by atoms with van der Waals surface area (Å²) in [7, 11) is 0. The van der Waals surface area contributed by atoms with E-state index in [1.165, 1.54) is 77.9 Å². The van der Waals surface area contributed by atoms with E-state index in [9.17, 15) is 0 Å². The molecule has 3 aliphatic heterocycles. The molecule has 3 heterocycles. The summed E-state index contributed by atoms with van der Waals surface area (Å²) >= 11 is 0. The highest BCUT2D eigenvalue weighted by Gasteiger charge is 2.33.